The highest BCUT2D eigenvalue weighted by molar-refractivity contribution is 5.47. The fourth-order valence-electron chi connectivity index (χ4n) is 2.84. The summed E-state index contributed by atoms with van der Waals surface area (Å²) in [7, 11) is 2.98. The summed E-state index contributed by atoms with van der Waals surface area (Å²) < 4.78 is 10.3. The van der Waals surface area contributed by atoms with Gasteiger partial charge in [0.25, 0.3) is 0 Å². The first-order chi connectivity index (χ1) is 10.1. The molecule has 0 saturated carbocycles. The van der Waals surface area contributed by atoms with Crippen LogP contribution in [0.25, 0.3) is 0 Å². The molecule has 1 aromatic carbocycles. The third-order valence-corrected chi connectivity index (χ3v) is 3.83. The molecule has 6 nitrogen and oxygen atoms in total. The molecular weight excluding hydrogens is 270 g/mol. The highest BCUT2D eigenvalue weighted by Gasteiger charge is 2.45. The molecule has 2 aromatic rings. The molecule has 6 heteroatoms. The van der Waals surface area contributed by atoms with Gasteiger partial charge in [-0.3, -0.25) is 0 Å². The average molecular weight is 287 g/mol. The molecule has 0 amide bonds. The number of nitrogens with two attached hydrogens (primary N) is 1. The monoisotopic (exact) mass is 287 g/mol. The molecular formula is C15H17N3O3. The molecule has 1 heterocycles. The van der Waals surface area contributed by atoms with Gasteiger partial charge in [0.15, 0.2) is 0 Å². The van der Waals surface area contributed by atoms with Crippen molar-refractivity contribution < 1.29 is 14.6 Å². The van der Waals surface area contributed by atoms with Crippen LogP contribution in [0.4, 0.5) is 0 Å². The van der Waals surface area contributed by atoms with E-state index in [4.69, 9.17) is 15.2 Å². The van der Waals surface area contributed by atoms with Crippen molar-refractivity contribution >= 4 is 0 Å². The van der Waals surface area contributed by atoms with Crippen molar-refractivity contribution in [1.82, 2.24) is 9.97 Å². The van der Waals surface area contributed by atoms with E-state index in [9.17, 15) is 5.11 Å². The van der Waals surface area contributed by atoms with Gasteiger partial charge in [-0.25, -0.2) is 4.98 Å². The maximum absolute atomic E-state index is 11.2. The predicted octanol–water partition coefficient (Wildman–Crippen LogP) is 1.13. The summed E-state index contributed by atoms with van der Waals surface area (Å²) >= 11 is 0. The zero-order valence-electron chi connectivity index (χ0n) is 11.9. The molecule has 21 heavy (non-hydrogen) atoms. The number of aliphatic hydroxyl groups is 1. The number of ether oxygens (including phenoxy) is 2. The lowest BCUT2D eigenvalue weighted by atomic mass is 9.92. The van der Waals surface area contributed by atoms with Gasteiger partial charge in [-0.15, -0.1) is 0 Å². The molecule has 0 spiro atoms. The SMILES string of the molecule is COc1cnc(C2(O)CC(N)c3ccccc32)c(OC)n1. The molecule has 0 fully saturated rings. The summed E-state index contributed by atoms with van der Waals surface area (Å²) in [5.74, 6) is 0.565. The summed E-state index contributed by atoms with van der Waals surface area (Å²) in [4.78, 5) is 8.48. The Balaban J connectivity index is 2.17. The number of rotatable bonds is 3. The van der Waals surface area contributed by atoms with Gasteiger partial charge in [0.1, 0.15) is 11.3 Å². The average Bonchev–Trinajstić information content (AvgIpc) is 2.79. The molecule has 0 saturated heterocycles. The van der Waals surface area contributed by atoms with E-state index in [2.05, 4.69) is 9.97 Å². The van der Waals surface area contributed by atoms with E-state index in [1.807, 2.05) is 24.3 Å². The van der Waals surface area contributed by atoms with Crippen molar-refractivity contribution in [3.05, 3.63) is 47.3 Å². The molecule has 1 aliphatic rings. The summed E-state index contributed by atoms with van der Waals surface area (Å²) in [6.07, 6.45) is 1.80. The number of nitrogens with zero attached hydrogens (tertiary/aromatic N) is 2. The minimum Gasteiger partial charge on any atom is -0.480 e. The first-order valence-corrected chi connectivity index (χ1v) is 6.63. The minimum atomic E-state index is -1.30. The van der Waals surface area contributed by atoms with E-state index in [0.29, 0.717) is 18.0 Å². The highest BCUT2D eigenvalue weighted by atomic mass is 16.5. The van der Waals surface area contributed by atoms with Crippen LogP contribution < -0.4 is 15.2 Å². The lowest BCUT2D eigenvalue weighted by molar-refractivity contribution is 0.0689. The Kier molecular flexibility index (Phi) is 3.27. The van der Waals surface area contributed by atoms with Crippen LogP contribution in [0.15, 0.2) is 30.5 Å². The maximum Gasteiger partial charge on any atom is 0.242 e. The minimum absolute atomic E-state index is 0.237. The second-order valence-electron chi connectivity index (χ2n) is 5.03. The van der Waals surface area contributed by atoms with Gasteiger partial charge >= 0.3 is 0 Å². The molecule has 2 unspecified atom stereocenters. The fourth-order valence-corrected chi connectivity index (χ4v) is 2.84. The maximum atomic E-state index is 11.2. The quantitative estimate of drug-likeness (QED) is 0.879. The van der Waals surface area contributed by atoms with Crippen molar-refractivity contribution in [2.24, 2.45) is 5.73 Å². The second kappa shape index (κ2) is 4.98. The van der Waals surface area contributed by atoms with E-state index in [-0.39, 0.29) is 11.9 Å². The van der Waals surface area contributed by atoms with E-state index >= 15 is 0 Å². The fraction of sp³-hybridized carbons (Fsp3) is 0.333. The van der Waals surface area contributed by atoms with E-state index < -0.39 is 5.60 Å². The number of fused-ring (bicyclic) bond motifs is 1. The van der Waals surface area contributed by atoms with Crippen molar-refractivity contribution in [3.63, 3.8) is 0 Å². The summed E-state index contributed by atoms with van der Waals surface area (Å²) in [5.41, 5.74) is 6.84. The number of benzene rings is 1. The first kappa shape index (κ1) is 13.8. The van der Waals surface area contributed by atoms with Crippen LogP contribution in [0.3, 0.4) is 0 Å². The van der Waals surface area contributed by atoms with E-state index in [0.717, 1.165) is 11.1 Å². The lowest BCUT2D eigenvalue weighted by Crippen LogP contribution is -2.27. The molecule has 0 radical (unpaired) electrons. The molecule has 3 N–H and O–H groups in total. The van der Waals surface area contributed by atoms with Crippen LogP contribution in [0, 0.1) is 0 Å². The van der Waals surface area contributed by atoms with Gasteiger partial charge in [0, 0.05) is 12.5 Å². The Morgan fingerprint density at radius 2 is 2.05 bits per heavy atom. The Hall–Kier alpha value is -2.18. The van der Waals surface area contributed by atoms with Crippen molar-refractivity contribution in [3.8, 4) is 11.8 Å². The van der Waals surface area contributed by atoms with Gasteiger partial charge in [0.2, 0.25) is 11.8 Å². The van der Waals surface area contributed by atoms with Gasteiger partial charge in [-0.2, -0.15) is 4.98 Å². The van der Waals surface area contributed by atoms with Crippen molar-refractivity contribution in [2.45, 2.75) is 18.1 Å². The number of hydrogen-bond donors (Lipinski definition) is 2. The first-order valence-electron chi connectivity index (χ1n) is 6.63. The Bertz CT molecular complexity index is 677. The van der Waals surface area contributed by atoms with Crippen molar-refractivity contribution in [2.75, 3.05) is 14.2 Å². The van der Waals surface area contributed by atoms with Gasteiger partial charge in [0.05, 0.1) is 20.4 Å². The smallest absolute Gasteiger partial charge is 0.242 e. The zero-order valence-corrected chi connectivity index (χ0v) is 11.9. The van der Waals surface area contributed by atoms with Gasteiger partial charge < -0.3 is 20.3 Å². The van der Waals surface area contributed by atoms with Gasteiger partial charge in [-0.1, -0.05) is 24.3 Å². The van der Waals surface area contributed by atoms with E-state index in [1.165, 1.54) is 20.4 Å². The number of hydrogen-bond acceptors (Lipinski definition) is 6. The van der Waals surface area contributed by atoms with Crippen LogP contribution in [-0.2, 0) is 5.60 Å². The molecule has 110 valence electrons. The van der Waals surface area contributed by atoms with Crippen LogP contribution in [0.5, 0.6) is 11.8 Å². The molecule has 0 bridgehead atoms. The third-order valence-electron chi connectivity index (χ3n) is 3.83. The predicted molar refractivity (Wildman–Crippen MR) is 76.1 cm³/mol. The van der Waals surface area contributed by atoms with E-state index in [1.54, 1.807) is 0 Å². The topological polar surface area (TPSA) is 90.5 Å². The van der Waals surface area contributed by atoms with Crippen molar-refractivity contribution in [1.29, 1.82) is 0 Å². The largest absolute Gasteiger partial charge is 0.480 e. The molecule has 1 aromatic heterocycles. The molecule has 1 aliphatic carbocycles. The third kappa shape index (κ3) is 2.03. The molecule has 3 rings (SSSR count). The Morgan fingerprint density at radius 3 is 2.76 bits per heavy atom. The molecule has 0 aliphatic heterocycles. The van der Waals surface area contributed by atoms with Crippen LogP contribution in [0.1, 0.15) is 29.3 Å². The van der Waals surface area contributed by atoms with Crippen LogP contribution in [0.2, 0.25) is 0 Å². The van der Waals surface area contributed by atoms with Gasteiger partial charge in [-0.05, 0) is 11.1 Å². The Morgan fingerprint density at radius 1 is 1.29 bits per heavy atom. The summed E-state index contributed by atoms with van der Waals surface area (Å²) in [5, 5.41) is 11.2. The lowest BCUT2D eigenvalue weighted by Gasteiger charge is -2.24. The standard InChI is InChI=1S/C15H17N3O3/c1-20-12-8-17-13(14(18-12)21-2)15(19)7-11(16)9-5-3-4-6-10(9)15/h3-6,8,11,19H,7,16H2,1-2H3. The zero-order chi connectivity index (χ0) is 15.0. The second-order valence-corrected chi connectivity index (χ2v) is 5.03. The number of aromatic nitrogens is 2. The Labute approximate surface area is 122 Å². The van der Waals surface area contributed by atoms with Crippen LogP contribution >= 0.6 is 0 Å². The number of methoxy groups -OCH3 is 2. The summed E-state index contributed by atoms with van der Waals surface area (Å²) in [6.45, 7) is 0. The summed E-state index contributed by atoms with van der Waals surface area (Å²) in [6, 6.07) is 7.29. The normalized spacial score (nSPS) is 23.7. The highest BCUT2D eigenvalue weighted by Crippen LogP contribution is 2.47. The molecule has 2 atom stereocenters. The van der Waals surface area contributed by atoms with Crippen LogP contribution in [-0.4, -0.2) is 29.3 Å².